The van der Waals surface area contributed by atoms with Crippen LogP contribution in [0.4, 0.5) is 4.39 Å². The van der Waals surface area contributed by atoms with Crippen molar-refractivity contribution in [3.63, 3.8) is 0 Å². The fraction of sp³-hybridized carbons (Fsp3) is 0.321. The highest BCUT2D eigenvalue weighted by Gasteiger charge is 2.16. The molecule has 0 N–H and O–H groups in total. The van der Waals surface area contributed by atoms with E-state index in [2.05, 4.69) is 31.1 Å². The fourth-order valence-electron chi connectivity index (χ4n) is 3.98. The van der Waals surface area contributed by atoms with Crippen LogP contribution < -0.4 is 9.47 Å². The number of hydrogen-bond acceptors (Lipinski definition) is 4. The molecule has 0 fully saturated rings. The van der Waals surface area contributed by atoms with Gasteiger partial charge < -0.3 is 18.8 Å². The van der Waals surface area contributed by atoms with Gasteiger partial charge in [0, 0.05) is 40.3 Å². The lowest BCUT2D eigenvalue weighted by Gasteiger charge is -2.16. The minimum atomic E-state index is -0.324. The molecule has 2 aromatic carbocycles. The first-order valence-corrected chi connectivity index (χ1v) is 11.4. The van der Waals surface area contributed by atoms with Crippen molar-refractivity contribution >= 4 is 22.4 Å². The Labute approximate surface area is 200 Å². The molecule has 0 amide bonds. The maximum atomic E-state index is 14.4. The largest absolute Gasteiger partial charge is 0.497 e. The molecule has 5 nitrogen and oxygen atoms in total. The highest BCUT2D eigenvalue weighted by Crippen LogP contribution is 2.33. The zero-order valence-corrected chi connectivity index (χ0v) is 20.5. The minimum Gasteiger partial charge on any atom is -0.497 e. The van der Waals surface area contributed by atoms with Crippen molar-refractivity contribution in [1.29, 1.82) is 0 Å². The zero-order chi connectivity index (χ0) is 24.8. The number of esters is 1. The van der Waals surface area contributed by atoms with Crippen LogP contribution in [0.3, 0.4) is 0 Å². The summed E-state index contributed by atoms with van der Waals surface area (Å²) in [5.74, 6) is 0.540. The smallest absolute Gasteiger partial charge is 0.310 e. The highest BCUT2D eigenvalue weighted by molar-refractivity contribution is 5.96. The molecule has 1 aromatic heterocycles. The van der Waals surface area contributed by atoms with Crippen LogP contribution >= 0.6 is 0 Å². The molecule has 6 heteroatoms. The quantitative estimate of drug-likeness (QED) is 0.244. The van der Waals surface area contributed by atoms with E-state index < -0.39 is 0 Å². The van der Waals surface area contributed by atoms with Gasteiger partial charge in [0.05, 0.1) is 20.1 Å². The van der Waals surface area contributed by atoms with Crippen LogP contribution in [0.5, 0.6) is 11.5 Å². The van der Waals surface area contributed by atoms with Crippen molar-refractivity contribution in [2.24, 2.45) is 0 Å². The van der Waals surface area contributed by atoms with Gasteiger partial charge >= 0.3 is 5.97 Å². The lowest BCUT2D eigenvalue weighted by Crippen LogP contribution is -2.09. The van der Waals surface area contributed by atoms with E-state index in [9.17, 15) is 9.18 Å². The minimum absolute atomic E-state index is 0.0953. The number of fused-ring (bicyclic) bond motifs is 1. The molecule has 0 saturated carbocycles. The number of carbonyl (C=O) groups is 1. The van der Waals surface area contributed by atoms with Gasteiger partial charge in [-0.3, -0.25) is 4.79 Å². The van der Waals surface area contributed by atoms with E-state index in [0.29, 0.717) is 29.2 Å². The van der Waals surface area contributed by atoms with Crippen LogP contribution in [0, 0.1) is 0 Å². The molecule has 0 unspecified atom stereocenters. The molecule has 0 atom stereocenters. The Morgan fingerprint density at radius 3 is 2.59 bits per heavy atom. The summed E-state index contributed by atoms with van der Waals surface area (Å²) in [6.45, 7) is 11.8. The van der Waals surface area contributed by atoms with Gasteiger partial charge in [-0.05, 0) is 63.1 Å². The Morgan fingerprint density at radius 1 is 1.21 bits per heavy atom. The summed E-state index contributed by atoms with van der Waals surface area (Å²) in [4.78, 5) is 12.1. The van der Waals surface area contributed by atoms with Crippen LogP contribution in [0.1, 0.15) is 50.4 Å². The second-order valence-electron chi connectivity index (χ2n) is 8.29. The van der Waals surface area contributed by atoms with E-state index in [0.717, 1.165) is 22.0 Å². The Morgan fingerprint density at radius 2 is 1.97 bits per heavy atom. The summed E-state index contributed by atoms with van der Waals surface area (Å²) < 4.78 is 33.1. The predicted molar refractivity (Wildman–Crippen MR) is 134 cm³/mol. The van der Waals surface area contributed by atoms with Crippen molar-refractivity contribution in [3.8, 4) is 11.5 Å². The Hall–Kier alpha value is -3.54. The van der Waals surface area contributed by atoms with Gasteiger partial charge in [0.15, 0.2) is 0 Å². The molecule has 0 saturated heterocycles. The second-order valence-corrected chi connectivity index (χ2v) is 8.29. The maximum Gasteiger partial charge on any atom is 0.310 e. The first-order valence-electron chi connectivity index (χ1n) is 11.4. The lowest BCUT2D eigenvalue weighted by molar-refractivity contribution is -0.142. The average molecular weight is 466 g/mol. The number of carbonyl (C=O) groups excluding carboxylic acids is 1. The summed E-state index contributed by atoms with van der Waals surface area (Å²) in [6.07, 6.45) is 3.65. The highest BCUT2D eigenvalue weighted by atomic mass is 19.1. The monoisotopic (exact) mass is 465 g/mol. The number of rotatable bonds is 10. The maximum absolute atomic E-state index is 14.4. The topological polar surface area (TPSA) is 49.7 Å². The van der Waals surface area contributed by atoms with E-state index in [1.165, 1.54) is 6.92 Å². The first kappa shape index (κ1) is 25.1. The normalized spacial score (nSPS) is 12.0. The number of hydrogen-bond donors (Lipinski definition) is 0. The fourth-order valence-corrected chi connectivity index (χ4v) is 3.98. The average Bonchev–Trinajstić information content (AvgIpc) is 3.23. The molecule has 34 heavy (non-hydrogen) atoms. The molecule has 0 aliphatic heterocycles. The summed E-state index contributed by atoms with van der Waals surface area (Å²) in [6, 6.07) is 11.6. The molecule has 3 rings (SSSR count). The Kier molecular flexibility index (Phi) is 8.16. The van der Waals surface area contributed by atoms with Gasteiger partial charge in [0.1, 0.15) is 23.9 Å². The molecule has 180 valence electrons. The number of halogens is 1. The van der Waals surface area contributed by atoms with Crippen LogP contribution in [0.25, 0.3) is 16.5 Å². The van der Waals surface area contributed by atoms with Crippen molar-refractivity contribution in [2.45, 2.75) is 46.8 Å². The number of aromatic nitrogens is 1. The van der Waals surface area contributed by atoms with E-state index in [1.54, 1.807) is 38.3 Å². The third kappa shape index (κ3) is 5.50. The summed E-state index contributed by atoms with van der Waals surface area (Å²) in [7, 11) is 1.58. The standard InChI is InChI=1S/C28H32FNO4/c1-7-23(19(5)29)25-13-20(14-26-24(25)11-12-30(26)18(3)4)17-34-27-16-22(32-6)10-9-21(27)15-28(31)33-8-2/h7,9-14,16,18H,1,8,15,17H2,2-6H3/b23-19-. The molecular formula is C28H32FNO4. The molecule has 0 aliphatic rings. The van der Waals surface area contributed by atoms with Crippen LogP contribution in [-0.4, -0.2) is 24.3 Å². The van der Waals surface area contributed by atoms with Crippen molar-refractivity contribution in [3.05, 3.63) is 77.8 Å². The number of allylic oxidation sites excluding steroid dienone is 3. The summed E-state index contributed by atoms with van der Waals surface area (Å²) >= 11 is 0. The van der Waals surface area contributed by atoms with E-state index in [1.807, 2.05) is 18.3 Å². The molecular weight excluding hydrogens is 433 g/mol. The molecule has 0 spiro atoms. The van der Waals surface area contributed by atoms with Crippen LogP contribution in [0.15, 0.2) is 61.1 Å². The SMILES string of the molecule is C=C/C(=C(\C)F)c1cc(COc2cc(OC)ccc2CC(=O)OCC)cc2c1ccn2C(C)C. The number of methoxy groups -OCH3 is 1. The number of nitrogens with zero attached hydrogens (tertiary/aromatic N) is 1. The van der Waals surface area contributed by atoms with Crippen LogP contribution in [-0.2, 0) is 22.6 Å². The predicted octanol–water partition coefficient (Wildman–Crippen LogP) is 6.80. The lowest BCUT2D eigenvalue weighted by atomic mass is 9.98. The van der Waals surface area contributed by atoms with E-state index >= 15 is 0 Å². The second kappa shape index (κ2) is 11.1. The Balaban J connectivity index is 2.02. The van der Waals surface area contributed by atoms with Crippen LogP contribution in [0.2, 0.25) is 0 Å². The van der Waals surface area contributed by atoms with Crippen molar-refractivity contribution in [2.75, 3.05) is 13.7 Å². The summed E-state index contributed by atoms with van der Waals surface area (Å²) in [5, 5.41) is 0.953. The van der Waals surface area contributed by atoms with E-state index in [4.69, 9.17) is 14.2 Å². The third-order valence-electron chi connectivity index (χ3n) is 5.63. The van der Waals surface area contributed by atoms with Crippen molar-refractivity contribution in [1.82, 2.24) is 4.57 Å². The van der Waals surface area contributed by atoms with Gasteiger partial charge in [-0.25, -0.2) is 4.39 Å². The number of benzene rings is 2. The van der Waals surface area contributed by atoms with Crippen molar-refractivity contribution < 1.29 is 23.4 Å². The van der Waals surface area contributed by atoms with Gasteiger partial charge in [0.2, 0.25) is 0 Å². The van der Waals surface area contributed by atoms with Gasteiger partial charge in [-0.15, -0.1) is 0 Å². The van der Waals surface area contributed by atoms with Gasteiger partial charge in [-0.2, -0.15) is 0 Å². The molecule has 0 radical (unpaired) electrons. The Bertz CT molecular complexity index is 1220. The molecule has 3 aromatic rings. The molecule has 0 aliphatic carbocycles. The zero-order valence-electron chi connectivity index (χ0n) is 20.5. The summed E-state index contributed by atoms with van der Waals surface area (Å²) in [5.41, 5.74) is 3.79. The molecule has 0 bridgehead atoms. The molecule has 1 heterocycles. The van der Waals surface area contributed by atoms with E-state index in [-0.39, 0.29) is 30.9 Å². The number of ether oxygens (including phenoxy) is 3. The van der Waals surface area contributed by atoms with Gasteiger partial charge in [-0.1, -0.05) is 18.7 Å². The third-order valence-corrected chi connectivity index (χ3v) is 5.63. The van der Waals surface area contributed by atoms with Gasteiger partial charge in [0.25, 0.3) is 0 Å². The first-order chi connectivity index (χ1) is 16.3.